The Balaban J connectivity index is 2.20. The summed E-state index contributed by atoms with van der Waals surface area (Å²) in [4.78, 5) is 27.1. The van der Waals surface area contributed by atoms with Gasteiger partial charge in [0.15, 0.2) is 5.76 Å². The fraction of sp³-hybridized carbons (Fsp3) is 0.0833. The molecule has 2 aromatic rings. The summed E-state index contributed by atoms with van der Waals surface area (Å²) >= 11 is 0. The summed E-state index contributed by atoms with van der Waals surface area (Å²) in [6.45, 7) is 0. The van der Waals surface area contributed by atoms with Gasteiger partial charge in [-0.1, -0.05) is 0 Å². The molecule has 0 atom stereocenters. The summed E-state index contributed by atoms with van der Waals surface area (Å²) in [5.74, 6) is -0.569. The van der Waals surface area contributed by atoms with Crippen molar-refractivity contribution in [1.82, 2.24) is 4.98 Å². The number of nitrogens with zero attached hydrogens (tertiary/aromatic N) is 1. The van der Waals surface area contributed by atoms with Crippen molar-refractivity contribution in [3.63, 3.8) is 0 Å². The molecular formula is C12H10N2O4. The highest BCUT2D eigenvalue weighted by atomic mass is 16.5. The third-order valence-electron chi connectivity index (χ3n) is 2.16. The van der Waals surface area contributed by atoms with E-state index in [1.165, 1.54) is 13.3 Å². The third kappa shape index (κ3) is 2.54. The SMILES string of the molecule is COc1coc(C(=O)Nc2cccnc2)cc1=O. The van der Waals surface area contributed by atoms with Crippen molar-refractivity contribution in [2.24, 2.45) is 0 Å². The first kappa shape index (κ1) is 11.8. The Labute approximate surface area is 102 Å². The third-order valence-corrected chi connectivity index (χ3v) is 2.16. The minimum Gasteiger partial charge on any atom is -0.490 e. The van der Waals surface area contributed by atoms with E-state index in [1.807, 2.05) is 0 Å². The second-order valence-electron chi connectivity index (χ2n) is 3.37. The zero-order chi connectivity index (χ0) is 13.0. The molecule has 1 N–H and O–H groups in total. The van der Waals surface area contributed by atoms with Gasteiger partial charge in [0.05, 0.1) is 19.0 Å². The highest BCUT2D eigenvalue weighted by Gasteiger charge is 2.11. The standard InChI is InChI=1S/C12H10N2O4/c1-17-11-7-18-10(5-9(11)15)12(16)14-8-3-2-4-13-6-8/h2-7H,1H3,(H,14,16). The van der Waals surface area contributed by atoms with Crippen LogP contribution in [0.15, 0.2) is 46.1 Å². The number of anilines is 1. The Bertz CT molecular complexity index is 607. The summed E-state index contributed by atoms with van der Waals surface area (Å²) in [6.07, 6.45) is 4.17. The van der Waals surface area contributed by atoms with E-state index in [1.54, 1.807) is 18.3 Å². The van der Waals surface area contributed by atoms with E-state index in [9.17, 15) is 9.59 Å². The van der Waals surface area contributed by atoms with Crippen LogP contribution in [0.4, 0.5) is 5.69 Å². The second-order valence-corrected chi connectivity index (χ2v) is 3.37. The molecular weight excluding hydrogens is 236 g/mol. The first-order valence-corrected chi connectivity index (χ1v) is 5.09. The summed E-state index contributed by atoms with van der Waals surface area (Å²) in [6, 6.07) is 4.43. The number of nitrogens with one attached hydrogen (secondary N) is 1. The van der Waals surface area contributed by atoms with Gasteiger partial charge >= 0.3 is 0 Å². The Morgan fingerprint density at radius 2 is 2.33 bits per heavy atom. The van der Waals surface area contributed by atoms with Crippen LogP contribution in [-0.2, 0) is 0 Å². The fourth-order valence-electron chi connectivity index (χ4n) is 1.30. The number of carbonyl (C=O) groups is 1. The quantitative estimate of drug-likeness (QED) is 0.882. The number of methoxy groups -OCH3 is 1. The number of hydrogen-bond acceptors (Lipinski definition) is 5. The Morgan fingerprint density at radius 1 is 1.50 bits per heavy atom. The molecule has 1 amide bonds. The van der Waals surface area contributed by atoms with Crippen LogP contribution in [0.2, 0.25) is 0 Å². The molecule has 2 aromatic heterocycles. The zero-order valence-corrected chi connectivity index (χ0v) is 9.54. The Kier molecular flexibility index (Phi) is 3.38. The number of pyridine rings is 1. The lowest BCUT2D eigenvalue weighted by Gasteiger charge is -2.04. The number of hydrogen-bond donors (Lipinski definition) is 1. The summed E-state index contributed by atoms with van der Waals surface area (Å²) < 4.78 is 9.76. The first-order chi connectivity index (χ1) is 8.70. The van der Waals surface area contributed by atoms with E-state index in [2.05, 4.69) is 10.3 Å². The number of ether oxygens (including phenoxy) is 1. The molecule has 6 nitrogen and oxygen atoms in total. The van der Waals surface area contributed by atoms with Gasteiger partial charge in [0.2, 0.25) is 11.2 Å². The molecule has 0 saturated heterocycles. The van der Waals surface area contributed by atoms with Crippen LogP contribution in [0.3, 0.4) is 0 Å². The van der Waals surface area contributed by atoms with E-state index in [4.69, 9.17) is 9.15 Å². The summed E-state index contributed by atoms with van der Waals surface area (Å²) in [5, 5.41) is 2.55. The smallest absolute Gasteiger partial charge is 0.291 e. The van der Waals surface area contributed by atoms with Crippen molar-refractivity contribution < 1.29 is 13.9 Å². The van der Waals surface area contributed by atoms with Gasteiger partial charge < -0.3 is 14.5 Å². The number of amides is 1. The number of carbonyl (C=O) groups excluding carboxylic acids is 1. The average Bonchev–Trinajstić information content (AvgIpc) is 2.39. The van der Waals surface area contributed by atoms with Crippen LogP contribution < -0.4 is 15.5 Å². The van der Waals surface area contributed by atoms with Gasteiger partial charge in [0.25, 0.3) is 5.91 Å². The molecule has 2 rings (SSSR count). The summed E-state index contributed by atoms with van der Waals surface area (Å²) in [5.41, 5.74) is 0.0982. The van der Waals surface area contributed by atoms with Gasteiger partial charge in [-0.05, 0) is 12.1 Å². The molecule has 0 aromatic carbocycles. The molecule has 0 bridgehead atoms. The molecule has 0 spiro atoms. The van der Waals surface area contributed by atoms with Crippen LogP contribution in [0, 0.1) is 0 Å². The van der Waals surface area contributed by atoms with Crippen LogP contribution in [0.5, 0.6) is 5.75 Å². The van der Waals surface area contributed by atoms with E-state index < -0.39 is 11.3 Å². The normalized spacial score (nSPS) is 9.83. The zero-order valence-electron chi connectivity index (χ0n) is 9.54. The molecule has 0 unspecified atom stereocenters. The van der Waals surface area contributed by atoms with Crippen LogP contribution >= 0.6 is 0 Å². The van der Waals surface area contributed by atoms with Gasteiger partial charge in [0.1, 0.15) is 6.26 Å². The molecule has 92 valence electrons. The number of aromatic nitrogens is 1. The van der Waals surface area contributed by atoms with Gasteiger partial charge in [-0.3, -0.25) is 14.6 Å². The van der Waals surface area contributed by atoms with Crippen LogP contribution in [-0.4, -0.2) is 18.0 Å². The lowest BCUT2D eigenvalue weighted by Crippen LogP contribution is -2.15. The second kappa shape index (κ2) is 5.13. The molecule has 0 aliphatic heterocycles. The highest BCUT2D eigenvalue weighted by molar-refractivity contribution is 6.02. The van der Waals surface area contributed by atoms with Crippen molar-refractivity contribution >= 4 is 11.6 Å². The van der Waals surface area contributed by atoms with Gasteiger partial charge in [-0.25, -0.2) is 0 Å². The molecule has 0 fully saturated rings. The van der Waals surface area contributed by atoms with E-state index in [-0.39, 0.29) is 11.5 Å². The van der Waals surface area contributed by atoms with Crippen molar-refractivity contribution in [1.29, 1.82) is 0 Å². The van der Waals surface area contributed by atoms with E-state index >= 15 is 0 Å². The van der Waals surface area contributed by atoms with Crippen molar-refractivity contribution in [3.05, 3.63) is 52.8 Å². The molecule has 0 aliphatic rings. The molecule has 18 heavy (non-hydrogen) atoms. The minimum atomic E-state index is -0.525. The number of rotatable bonds is 3. The maximum absolute atomic E-state index is 11.8. The predicted octanol–water partition coefficient (Wildman–Crippen LogP) is 1.30. The molecule has 0 saturated carbocycles. The average molecular weight is 246 g/mol. The summed E-state index contributed by atoms with van der Waals surface area (Å²) in [7, 11) is 1.35. The van der Waals surface area contributed by atoms with Crippen molar-refractivity contribution in [2.45, 2.75) is 0 Å². The van der Waals surface area contributed by atoms with Crippen LogP contribution in [0.25, 0.3) is 0 Å². The van der Waals surface area contributed by atoms with Gasteiger partial charge in [0, 0.05) is 12.3 Å². The van der Waals surface area contributed by atoms with E-state index in [0.717, 1.165) is 12.3 Å². The Morgan fingerprint density at radius 3 is 2.94 bits per heavy atom. The predicted molar refractivity (Wildman–Crippen MR) is 63.7 cm³/mol. The molecule has 0 radical (unpaired) electrons. The highest BCUT2D eigenvalue weighted by Crippen LogP contribution is 2.08. The van der Waals surface area contributed by atoms with Crippen LogP contribution in [0.1, 0.15) is 10.6 Å². The Hall–Kier alpha value is -2.63. The maximum atomic E-state index is 11.8. The maximum Gasteiger partial charge on any atom is 0.291 e. The lowest BCUT2D eigenvalue weighted by molar-refractivity contribution is 0.0993. The van der Waals surface area contributed by atoms with Crippen molar-refractivity contribution in [3.8, 4) is 5.75 Å². The van der Waals surface area contributed by atoms with E-state index in [0.29, 0.717) is 5.69 Å². The monoisotopic (exact) mass is 246 g/mol. The van der Waals surface area contributed by atoms with Crippen molar-refractivity contribution in [2.75, 3.05) is 12.4 Å². The molecule has 2 heterocycles. The molecule has 0 aliphatic carbocycles. The lowest BCUT2D eigenvalue weighted by atomic mass is 10.3. The van der Waals surface area contributed by atoms with Gasteiger partial charge in [-0.15, -0.1) is 0 Å². The minimum absolute atomic E-state index is 0.0490. The topological polar surface area (TPSA) is 81.4 Å². The molecule has 6 heteroatoms. The largest absolute Gasteiger partial charge is 0.490 e. The first-order valence-electron chi connectivity index (χ1n) is 5.09. The fourth-order valence-corrected chi connectivity index (χ4v) is 1.30. The van der Waals surface area contributed by atoms with Gasteiger partial charge in [-0.2, -0.15) is 0 Å².